The van der Waals surface area contributed by atoms with Crippen LogP contribution in [0, 0.1) is 0 Å². The monoisotopic (exact) mass is 387 g/mol. The van der Waals surface area contributed by atoms with Gasteiger partial charge in [-0.15, -0.1) is 0 Å². The number of sulfone groups is 1. The molecule has 2 N–H and O–H groups in total. The topological polar surface area (TPSA) is 77.2 Å². The minimum absolute atomic E-state index is 0.187. The van der Waals surface area contributed by atoms with Gasteiger partial charge in [0.1, 0.15) is 0 Å². The number of hydrogen-bond acceptors (Lipinski definition) is 4. The second-order valence-corrected chi connectivity index (χ2v) is 9.57. The first kappa shape index (κ1) is 14.7. The normalized spacial score (nSPS) is 15.2. The summed E-state index contributed by atoms with van der Waals surface area (Å²) in [5, 5.41) is 0. The molecular formula is C10H11ClINO3S. The summed E-state index contributed by atoms with van der Waals surface area (Å²) in [6, 6.07) is 6.07. The summed E-state index contributed by atoms with van der Waals surface area (Å²) < 4.78 is 21.5. The van der Waals surface area contributed by atoms with Crippen LogP contribution in [0.25, 0.3) is 0 Å². The minimum atomic E-state index is -3.70. The summed E-state index contributed by atoms with van der Waals surface area (Å²) in [4.78, 5) is 12.1. The number of rotatable bonds is 4. The van der Waals surface area contributed by atoms with Crippen LogP contribution in [0.5, 0.6) is 0 Å². The van der Waals surface area contributed by atoms with Crippen molar-refractivity contribution >= 4 is 55.5 Å². The molecule has 0 spiro atoms. The van der Waals surface area contributed by atoms with E-state index in [1.54, 1.807) is 12.1 Å². The number of hydrogen-bond donors (Lipinski definition) is 1. The number of benzene rings is 1. The number of anilines is 1. The largest absolute Gasteiger partial charge is 0.399 e. The van der Waals surface area contributed by atoms with E-state index in [-0.39, 0.29) is 11.3 Å². The van der Waals surface area contributed by atoms with Crippen molar-refractivity contribution in [2.45, 2.75) is 9.14 Å². The summed E-state index contributed by atoms with van der Waals surface area (Å²) in [5.41, 5.74) is 6.10. The van der Waals surface area contributed by atoms with Crippen molar-refractivity contribution in [1.82, 2.24) is 0 Å². The van der Waals surface area contributed by atoms with Gasteiger partial charge in [-0.1, -0.05) is 30.7 Å². The molecule has 0 saturated carbocycles. The van der Waals surface area contributed by atoms with Gasteiger partial charge in [0.2, 0.25) is 5.78 Å². The second kappa shape index (κ2) is 5.11. The van der Waals surface area contributed by atoms with Gasteiger partial charge in [0.15, 0.2) is 9.84 Å². The Morgan fingerprint density at radius 3 is 2.59 bits per heavy atom. The van der Waals surface area contributed by atoms with Gasteiger partial charge >= 0.3 is 0 Å². The van der Waals surface area contributed by atoms with Gasteiger partial charge in [0.25, 0.3) is 2.21 Å². The molecule has 1 rings (SSSR count). The average Bonchev–Trinajstić information content (AvgIpc) is 2.27. The van der Waals surface area contributed by atoms with Gasteiger partial charge in [-0.05, 0) is 34.7 Å². The smallest absolute Gasteiger partial charge is 0.257 e. The first-order chi connectivity index (χ1) is 7.72. The molecule has 0 unspecified atom stereocenters. The Hall–Kier alpha value is -0.340. The molecule has 0 aliphatic rings. The molecule has 0 radical (unpaired) electrons. The van der Waals surface area contributed by atoms with Crippen LogP contribution in [0.15, 0.2) is 24.3 Å². The molecule has 17 heavy (non-hydrogen) atoms. The predicted octanol–water partition coefficient (Wildman–Crippen LogP) is 2.21. The Morgan fingerprint density at radius 2 is 2.12 bits per heavy atom. The number of halogens is 2. The summed E-state index contributed by atoms with van der Waals surface area (Å²) in [5.74, 6) is -0.873. The molecule has 0 aliphatic heterocycles. The highest BCUT2D eigenvalue weighted by atomic mass is 127. The van der Waals surface area contributed by atoms with E-state index in [4.69, 9.17) is 17.3 Å². The summed E-state index contributed by atoms with van der Waals surface area (Å²) in [7, 11) is -3.70. The molecule has 7 heteroatoms. The SMILES string of the molecule is CCS(=O)(=O)[C@@](Cl)(I)C(=O)c1cccc(N)c1. The third-order valence-electron chi connectivity index (χ3n) is 2.18. The molecular weight excluding hydrogens is 377 g/mol. The number of nitrogens with two attached hydrogens (primary N) is 1. The molecule has 0 saturated heterocycles. The van der Waals surface area contributed by atoms with Crippen LogP contribution in [0.1, 0.15) is 17.3 Å². The molecule has 1 aromatic rings. The van der Waals surface area contributed by atoms with E-state index in [1.807, 2.05) is 0 Å². The lowest BCUT2D eigenvalue weighted by molar-refractivity contribution is 0.100. The van der Waals surface area contributed by atoms with Crippen LogP contribution in [-0.4, -0.2) is 22.2 Å². The van der Waals surface area contributed by atoms with E-state index < -0.39 is 17.8 Å². The van der Waals surface area contributed by atoms with E-state index in [0.717, 1.165) is 0 Å². The molecule has 0 aliphatic carbocycles. The number of alkyl halides is 2. The molecule has 1 atom stereocenters. The van der Waals surface area contributed by atoms with Crippen LogP contribution >= 0.6 is 34.2 Å². The molecule has 0 aromatic heterocycles. The maximum absolute atomic E-state index is 12.1. The van der Waals surface area contributed by atoms with E-state index in [1.165, 1.54) is 41.6 Å². The third kappa shape index (κ3) is 2.92. The molecule has 0 fully saturated rings. The lowest BCUT2D eigenvalue weighted by Crippen LogP contribution is -2.36. The number of carbonyl (C=O) groups excluding carboxylic acids is 1. The lowest BCUT2D eigenvalue weighted by Gasteiger charge is -2.18. The zero-order valence-electron chi connectivity index (χ0n) is 8.98. The predicted molar refractivity (Wildman–Crippen MR) is 77.2 cm³/mol. The van der Waals surface area contributed by atoms with Gasteiger partial charge in [-0.3, -0.25) is 4.79 Å². The van der Waals surface area contributed by atoms with Gasteiger partial charge in [0.05, 0.1) is 5.75 Å². The zero-order valence-corrected chi connectivity index (χ0v) is 12.7. The first-order valence-electron chi connectivity index (χ1n) is 4.73. The summed E-state index contributed by atoms with van der Waals surface area (Å²) >= 11 is 7.32. The Morgan fingerprint density at radius 1 is 1.53 bits per heavy atom. The van der Waals surface area contributed by atoms with Gasteiger partial charge in [-0.2, -0.15) is 0 Å². The molecule has 0 heterocycles. The standard InChI is InChI=1S/C10H11ClINO3S/c1-2-17(15,16)10(11,12)9(14)7-4-3-5-8(13)6-7/h3-6H,2,13H2,1H3/t10-/m0/s1. The quantitative estimate of drug-likeness (QED) is 0.372. The van der Waals surface area contributed by atoms with Crippen LogP contribution in [0.4, 0.5) is 5.69 Å². The number of carbonyl (C=O) groups is 1. The fourth-order valence-corrected chi connectivity index (χ4v) is 3.62. The Labute approximate surface area is 119 Å². The molecule has 4 nitrogen and oxygen atoms in total. The van der Waals surface area contributed by atoms with Gasteiger partial charge < -0.3 is 5.73 Å². The van der Waals surface area contributed by atoms with Gasteiger partial charge in [-0.25, -0.2) is 8.42 Å². The van der Waals surface area contributed by atoms with Crippen LogP contribution in [0.3, 0.4) is 0 Å². The van der Waals surface area contributed by atoms with Crippen molar-refractivity contribution in [3.63, 3.8) is 0 Å². The van der Waals surface area contributed by atoms with Crippen molar-refractivity contribution in [3.05, 3.63) is 29.8 Å². The van der Waals surface area contributed by atoms with Crippen LogP contribution in [0.2, 0.25) is 0 Å². The maximum atomic E-state index is 12.1. The van der Waals surface area contributed by atoms with Crippen molar-refractivity contribution in [2.75, 3.05) is 11.5 Å². The van der Waals surface area contributed by atoms with Crippen molar-refractivity contribution < 1.29 is 13.2 Å². The number of nitrogen functional groups attached to an aromatic ring is 1. The van der Waals surface area contributed by atoms with Crippen molar-refractivity contribution in [3.8, 4) is 0 Å². The third-order valence-corrected chi connectivity index (χ3v) is 7.29. The van der Waals surface area contributed by atoms with E-state index in [2.05, 4.69) is 0 Å². The molecule has 0 bridgehead atoms. The van der Waals surface area contributed by atoms with E-state index in [0.29, 0.717) is 5.69 Å². The van der Waals surface area contributed by atoms with Crippen molar-refractivity contribution in [2.24, 2.45) is 0 Å². The lowest BCUT2D eigenvalue weighted by atomic mass is 10.1. The molecule has 94 valence electrons. The fourth-order valence-electron chi connectivity index (χ4n) is 1.17. The van der Waals surface area contributed by atoms with Gasteiger partial charge in [0, 0.05) is 11.3 Å². The highest BCUT2D eigenvalue weighted by molar-refractivity contribution is 14.1. The van der Waals surface area contributed by atoms with E-state index in [9.17, 15) is 13.2 Å². The number of Topliss-reactive ketones (excluding diaryl/α,β-unsaturated/α-hetero) is 1. The second-order valence-electron chi connectivity index (χ2n) is 3.37. The van der Waals surface area contributed by atoms with E-state index >= 15 is 0 Å². The summed E-state index contributed by atoms with van der Waals surface area (Å²) in [6.45, 7) is 1.44. The molecule has 1 aromatic carbocycles. The minimum Gasteiger partial charge on any atom is -0.399 e. The molecule has 0 amide bonds. The highest BCUT2D eigenvalue weighted by Gasteiger charge is 2.45. The fraction of sp³-hybridized carbons (Fsp3) is 0.300. The maximum Gasteiger partial charge on any atom is 0.257 e. The Balaban J connectivity index is 3.23. The Bertz CT molecular complexity index is 542. The number of ketones is 1. The zero-order chi connectivity index (χ0) is 13.3. The first-order valence-corrected chi connectivity index (χ1v) is 7.83. The Kier molecular flexibility index (Phi) is 4.43. The highest BCUT2D eigenvalue weighted by Crippen LogP contribution is 2.35. The van der Waals surface area contributed by atoms with Crippen molar-refractivity contribution in [1.29, 1.82) is 0 Å². The van der Waals surface area contributed by atoms with Crippen LogP contribution < -0.4 is 5.73 Å². The summed E-state index contributed by atoms with van der Waals surface area (Å²) in [6.07, 6.45) is 0. The van der Waals surface area contributed by atoms with Crippen LogP contribution in [-0.2, 0) is 9.84 Å². The average molecular weight is 388 g/mol.